The fraction of sp³-hybridized carbons (Fsp3) is 0.440. The van der Waals surface area contributed by atoms with E-state index in [1.54, 1.807) is 27.0 Å². The third kappa shape index (κ3) is 4.04. The summed E-state index contributed by atoms with van der Waals surface area (Å²) in [5, 5.41) is 13.4. The van der Waals surface area contributed by atoms with Crippen LogP contribution in [0.4, 0.5) is 0 Å². The van der Waals surface area contributed by atoms with E-state index in [2.05, 4.69) is 38.7 Å². The van der Waals surface area contributed by atoms with Gasteiger partial charge in [-0.3, -0.25) is 0 Å². The van der Waals surface area contributed by atoms with Gasteiger partial charge in [-0.05, 0) is 53.7 Å². The van der Waals surface area contributed by atoms with Crippen LogP contribution in [0.3, 0.4) is 0 Å². The number of carbonyl (C=O) groups is 1. The Labute approximate surface area is 209 Å². The smallest absolute Gasteiger partial charge is 0.335 e. The van der Waals surface area contributed by atoms with Gasteiger partial charge in [0.1, 0.15) is 35.4 Å². The number of rotatable bonds is 6. The van der Waals surface area contributed by atoms with Gasteiger partial charge in [-0.25, -0.2) is 19.4 Å². The average molecular weight is 491 g/mol. The number of nitrogens with zero attached hydrogens (tertiary/aromatic N) is 8. The van der Waals surface area contributed by atoms with E-state index < -0.39 is 5.54 Å². The van der Waals surface area contributed by atoms with Crippen LogP contribution >= 0.6 is 0 Å². The molecule has 3 aromatic heterocycles. The normalized spacial score (nSPS) is 13.2. The van der Waals surface area contributed by atoms with Crippen molar-refractivity contribution in [3.05, 3.63) is 36.4 Å². The van der Waals surface area contributed by atoms with Crippen molar-refractivity contribution in [3.8, 4) is 39.9 Å². The number of aromatic nitrogens is 8. The fourth-order valence-corrected chi connectivity index (χ4v) is 4.17. The third-order valence-electron chi connectivity index (χ3n) is 6.11. The lowest BCUT2D eigenvalue weighted by molar-refractivity contribution is -0.153. The molecule has 11 heteroatoms. The van der Waals surface area contributed by atoms with Crippen LogP contribution in [0.5, 0.6) is 5.75 Å². The first kappa shape index (κ1) is 23.7. The Morgan fingerprint density at radius 2 is 1.97 bits per heavy atom. The molecule has 0 saturated heterocycles. The van der Waals surface area contributed by atoms with Crippen LogP contribution in [0.1, 0.15) is 46.5 Å². The van der Waals surface area contributed by atoms with Crippen molar-refractivity contribution >= 4 is 5.97 Å². The average Bonchev–Trinajstić information content (AvgIpc) is 3.56. The summed E-state index contributed by atoms with van der Waals surface area (Å²) in [7, 11) is 0. The molecule has 36 heavy (non-hydrogen) atoms. The van der Waals surface area contributed by atoms with Gasteiger partial charge in [0.15, 0.2) is 11.4 Å². The molecule has 0 amide bonds. The van der Waals surface area contributed by atoms with E-state index in [1.165, 1.54) is 4.80 Å². The molecule has 4 aromatic rings. The molecule has 0 aliphatic carbocycles. The Hall–Kier alpha value is -4.02. The van der Waals surface area contributed by atoms with E-state index in [1.807, 2.05) is 36.0 Å². The summed E-state index contributed by atoms with van der Waals surface area (Å²) < 4.78 is 15.3. The molecule has 0 N–H and O–H groups in total. The molecule has 0 atom stereocenters. The highest BCUT2D eigenvalue weighted by molar-refractivity contribution is 5.78. The number of hydrogen-bond donors (Lipinski definition) is 0. The van der Waals surface area contributed by atoms with E-state index in [0.29, 0.717) is 31.2 Å². The van der Waals surface area contributed by atoms with Crippen LogP contribution in [0.2, 0.25) is 0 Å². The Kier molecular flexibility index (Phi) is 5.85. The van der Waals surface area contributed by atoms with Crippen LogP contribution in [0, 0.1) is 6.92 Å². The number of esters is 1. The number of fused-ring (bicyclic) bond motifs is 3. The van der Waals surface area contributed by atoms with E-state index in [0.717, 1.165) is 34.3 Å². The van der Waals surface area contributed by atoms with Gasteiger partial charge < -0.3 is 14.0 Å². The summed E-state index contributed by atoms with van der Waals surface area (Å²) in [6, 6.07) is 6.04. The standard InChI is InChI=1S/C25H30N8O3/c1-7-35-24(34)25(5,6)33-26-13-19(30-33)17-8-9-18-21(12-17)36-11-10-31-14-20(28-22(18)31)23-27-16(4)29-32(23)15(2)3/h8-9,12-15H,7,10-11H2,1-6H3. The van der Waals surface area contributed by atoms with Crippen molar-refractivity contribution in [2.45, 2.75) is 59.7 Å². The summed E-state index contributed by atoms with van der Waals surface area (Å²) in [5.74, 6) is 2.61. The zero-order chi connectivity index (χ0) is 25.6. The molecule has 1 aliphatic rings. The van der Waals surface area contributed by atoms with Crippen LogP contribution < -0.4 is 4.74 Å². The van der Waals surface area contributed by atoms with Crippen molar-refractivity contribution in [1.82, 2.24) is 39.3 Å². The number of hydrogen-bond acceptors (Lipinski definition) is 8. The van der Waals surface area contributed by atoms with Gasteiger partial charge >= 0.3 is 5.97 Å². The van der Waals surface area contributed by atoms with Gasteiger partial charge in [0.2, 0.25) is 0 Å². The highest BCUT2D eigenvalue weighted by Crippen LogP contribution is 2.36. The molecule has 0 spiro atoms. The van der Waals surface area contributed by atoms with E-state index in [9.17, 15) is 4.79 Å². The molecule has 5 rings (SSSR count). The van der Waals surface area contributed by atoms with E-state index in [-0.39, 0.29) is 12.0 Å². The monoisotopic (exact) mass is 490 g/mol. The maximum Gasteiger partial charge on any atom is 0.335 e. The lowest BCUT2D eigenvalue weighted by Gasteiger charge is -2.20. The second-order valence-corrected chi connectivity index (χ2v) is 9.52. The number of aryl methyl sites for hydroxylation is 1. The van der Waals surface area contributed by atoms with Gasteiger partial charge in [-0.1, -0.05) is 6.07 Å². The minimum absolute atomic E-state index is 0.170. The first-order chi connectivity index (χ1) is 17.2. The van der Waals surface area contributed by atoms with Crippen molar-refractivity contribution in [1.29, 1.82) is 0 Å². The van der Waals surface area contributed by atoms with Gasteiger partial charge in [-0.15, -0.1) is 0 Å². The van der Waals surface area contributed by atoms with Crippen LogP contribution in [0.15, 0.2) is 30.6 Å². The maximum absolute atomic E-state index is 12.4. The number of ether oxygens (including phenoxy) is 2. The van der Waals surface area contributed by atoms with Gasteiger partial charge in [0.05, 0.1) is 24.9 Å². The Morgan fingerprint density at radius 3 is 2.72 bits per heavy atom. The summed E-state index contributed by atoms with van der Waals surface area (Å²) >= 11 is 0. The highest BCUT2D eigenvalue weighted by atomic mass is 16.5. The molecule has 4 heterocycles. The predicted molar refractivity (Wildman–Crippen MR) is 132 cm³/mol. The Balaban J connectivity index is 1.50. The predicted octanol–water partition coefficient (Wildman–Crippen LogP) is 3.65. The first-order valence-corrected chi connectivity index (χ1v) is 12.1. The number of benzene rings is 1. The summed E-state index contributed by atoms with van der Waals surface area (Å²) in [5.41, 5.74) is 2.10. The van der Waals surface area contributed by atoms with Crippen LogP contribution in [0.25, 0.3) is 34.2 Å². The zero-order valence-corrected chi connectivity index (χ0v) is 21.4. The molecule has 0 unspecified atom stereocenters. The molecule has 11 nitrogen and oxygen atoms in total. The lowest BCUT2D eigenvalue weighted by Crippen LogP contribution is -2.39. The third-order valence-corrected chi connectivity index (χ3v) is 6.11. The highest BCUT2D eigenvalue weighted by Gasteiger charge is 2.34. The van der Waals surface area contributed by atoms with Crippen LogP contribution in [-0.2, 0) is 21.6 Å². The zero-order valence-electron chi connectivity index (χ0n) is 21.4. The fourth-order valence-electron chi connectivity index (χ4n) is 4.17. The Bertz CT molecular complexity index is 1430. The minimum atomic E-state index is -1.02. The first-order valence-electron chi connectivity index (χ1n) is 12.1. The van der Waals surface area contributed by atoms with Crippen molar-refractivity contribution in [3.63, 3.8) is 0 Å². The van der Waals surface area contributed by atoms with E-state index >= 15 is 0 Å². The molecule has 0 fully saturated rings. The van der Waals surface area contributed by atoms with Crippen molar-refractivity contribution in [2.24, 2.45) is 0 Å². The molecule has 1 aromatic carbocycles. The molecule has 0 radical (unpaired) electrons. The molecular weight excluding hydrogens is 460 g/mol. The second kappa shape index (κ2) is 8.89. The number of carbonyl (C=O) groups excluding carboxylic acids is 1. The molecule has 0 saturated carbocycles. The van der Waals surface area contributed by atoms with Gasteiger partial charge in [-0.2, -0.15) is 20.1 Å². The van der Waals surface area contributed by atoms with E-state index in [4.69, 9.17) is 14.5 Å². The minimum Gasteiger partial charge on any atom is -0.491 e. The molecular formula is C25H30N8O3. The second-order valence-electron chi connectivity index (χ2n) is 9.52. The maximum atomic E-state index is 12.4. The van der Waals surface area contributed by atoms with Gasteiger partial charge in [0, 0.05) is 17.8 Å². The van der Waals surface area contributed by atoms with Gasteiger partial charge in [0.25, 0.3) is 0 Å². The number of imidazole rings is 1. The van der Waals surface area contributed by atoms with Crippen molar-refractivity contribution < 1.29 is 14.3 Å². The lowest BCUT2D eigenvalue weighted by atomic mass is 10.1. The molecule has 1 aliphatic heterocycles. The SMILES string of the molecule is CCOC(=O)C(C)(C)n1ncc(-c2ccc3c(c2)OCCn2cc(-c4nc(C)nn4C(C)C)nc2-3)n1. The van der Waals surface area contributed by atoms with Crippen molar-refractivity contribution in [2.75, 3.05) is 13.2 Å². The van der Waals surface area contributed by atoms with Crippen LogP contribution in [-0.4, -0.2) is 58.5 Å². The largest absolute Gasteiger partial charge is 0.491 e. The molecule has 0 bridgehead atoms. The Morgan fingerprint density at radius 1 is 1.17 bits per heavy atom. The summed E-state index contributed by atoms with van der Waals surface area (Å²) in [6.07, 6.45) is 3.65. The summed E-state index contributed by atoms with van der Waals surface area (Å²) in [6.45, 7) is 12.7. The summed E-state index contributed by atoms with van der Waals surface area (Å²) in [4.78, 5) is 23.3. The quantitative estimate of drug-likeness (QED) is 0.376. The molecule has 188 valence electrons. The topological polar surface area (TPSA) is 115 Å².